The fourth-order valence-corrected chi connectivity index (χ4v) is 14.8. The van der Waals surface area contributed by atoms with Gasteiger partial charge in [-0.05, 0) is 119 Å². The van der Waals surface area contributed by atoms with Crippen molar-refractivity contribution in [3.63, 3.8) is 0 Å². The van der Waals surface area contributed by atoms with Crippen molar-refractivity contribution >= 4 is 144 Å². The number of imidazole rings is 1. The summed E-state index contributed by atoms with van der Waals surface area (Å²) in [5.74, 6) is -19.0. The van der Waals surface area contributed by atoms with Gasteiger partial charge >= 0.3 is 5.97 Å². The summed E-state index contributed by atoms with van der Waals surface area (Å²) in [5.41, 5.74) is 30.2. The number of carbonyl (C=O) groups is 19. The van der Waals surface area contributed by atoms with Crippen LogP contribution in [0.25, 0.3) is 0 Å². The van der Waals surface area contributed by atoms with Gasteiger partial charge in [0.1, 0.15) is 78.3 Å². The molecule has 0 bridgehead atoms. The Morgan fingerprint density at radius 3 is 1.67 bits per heavy atom. The molecular formula is C85H122N24O22S2. The van der Waals surface area contributed by atoms with Gasteiger partial charge in [0.25, 0.3) is 0 Å². The van der Waals surface area contributed by atoms with E-state index in [0.717, 1.165) is 11.8 Å². The smallest absolute Gasteiger partial charge is 0.326 e. The van der Waals surface area contributed by atoms with Crippen molar-refractivity contribution in [2.24, 2.45) is 39.6 Å². The van der Waals surface area contributed by atoms with Gasteiger partial charge in [0.15, 0.2) is 5.96 Å². The van der Waals surface area contributed by atoms with Crippen LogP contribution < -0.4 is 103 Å². The molecule has 14 atom stereocenters. The van der Waals surface area contributed by atoms with Crippen LogP contribution in [0.4, 0.5) is 0 Å². The molecule has 2 aliphatic rings. The number of H-pyrrole nitrogens is 1. The molecular weight excluding hydrogens is 1770 g/mol. The molecule has 0 spiro atoms. The number of aromatic nitrogens is 2. The fraction of sp³-hybridized carbons (Fsp3) is 0.518. The van der Waals surface area contributed by atoms with Crippen LogP contribution in [0.3, 0.4) is 0 Å². The zero-order chi connectivity index (χ0) is 98.5. The maximum absolute atomic E-state index is 14.9. The van der Waals surface area contributed by atoms with E-state index in [0.29, 0.717) is 34.4 Å². The highest BCUT2D eigenvalue weighted by molar-refractivity contribution is 7.81. The molecule has 46 nitrogen and oxygen atoms in total. The number of likely N-dealkylation sites (tertiary alicyclic amines) is 2. The first-order chi connectivity index (χ1) is 62.8. The topological polar surface area (TPSA) is 731 Å². The van der Waals surface area contributed by atoms with Crippen LogP contribution in [-0.2, 0) is 117 Å². The normalized spacial score (nSPS) is 16.2. The van der Waals surface area contributed by atoms with Crippen molar-refractivity contribution in [3.05, 3.63) is 119 Å². The van der Waals surface area contributed by atoms with Gasteiger partial charge in [-0.1, -0.05) is 80.6 Å². The Kier molecular flexibility index (Phi) is 43.2. The van der Waals surface area contributed by atoms with Crippen molar-refractivity contribution in [2.75, 3.05) is 51.6 Å². The molecule has 48 heteroatoms. The summed E-state index contributed by atoms with van der Waals surface area (Å²) < 4.78 is -1.48. The van der Waals surface area contributed by atoms with Crippen molar-refractivity contribution in [1.82, 2.24) is 94.2 Å². The van der Waals surface area contributed by atoms with Crippen molar-refractivity contribution in [2.45, 2.75) is 221 Å². The minimum Gasteiger partial charge on any atom is -0.508 e. The monoisotopic (exact) mass is 1890 g/mol. The number of hydrogen-bond acceptors (Lipinski definition) is 26. The Morgan fingerprint density at radius 2 is 1.07 bits per heavy atom. The number of nitrogens with zero attached hydrogens (tertiary/aromatic N) is 4. The average Bonchev–Trinajstić information content (AvgIpc) is 1.78. The number of phenols is 1. The zero-order valence-corrected chi connectivity index (χ0v) is 76.3. The number of thiol groups is 2. The van der Waals surface area contributed by atoms with Gasteiger partial charge < -0.3 is 133 Å². The van der Waals surface area contributed by atoms with Crippen LogP contribution in [0.5, 0.6) is 5.75 Å². The van der Waals surface area contributed by atoms with Gasteiger partial charge in [0, 0.05) is 74.1 Å². The Balaban J connectivity index is 1.10. The molecule has 3 aromatic carbocycles. The van der Waals surface area contributed by atoms with Crippen LogP contribution >= 0.6 is 25.3 Å². The number of carboxylic acids is 1. The lowest BCUT2D eigenvalue weighted by Gasteiger charge is -2.33. The maximum Gasteiger partial charge on any atom is 0.326 e. The van der Waals surface area contributed by atoms with E-state index in [1.165, 1.54) is 55.5 Å². The van der Waals surface area contributed by atoms with Gasteiger partial charge in [-0.15, -0.1) is 0 Å². The molecule has 0 radical (unpaired) electrons. The van der Waals surface area contributed by atoms with Crippen molar-refractivity contribution < 1.29 is 106 Å². The van der Waals surface area contributed by atoms with Gasteiger partial charge in [-0.3, -0.25) is 91.3 Å². The first-order valence-corrected chi connectivity index (χ1v) is 44.1. The number of aromatic amines is 1. The molecule has 28 N–H and O–H groups in total. The fourth-order valence-electron chi connectivity index (χ4n) is 14.3. The molecule has 1 aromatic heterocycles. The standard InChI is InChI=1S/C85H122N24O22S2/c1-44(2)31-54(75(122)104-59(33-48-22-24-51(111)25-23-48)82(129)109-30-13-20-61(109)79(126)105-60(42-132)78(125)103-58(36-64(88)113)73(120)96-41-68(117)108-29-14-21-62(108)83(130)131)98-66(115)39-93-65(114)38-94-72(119)56(34-49-18-11-10-15-45(49)3)102-76(123)57(35-50-37-91-43-97-50)99-67(116)40-95-80(127)69(46(4)110)106-81(128)70(85(5,6)133)107-77(124)55(32-47-16-8-7-9-17-47)101-74(121)53(19-12-28-92-84(89)90)100-71(118)52(86)26-27-63(87)112/h7-11,15-18,22-25,37,43-44,46,52-62,69-70,110-111,132-133H,12-14,19-21,26-36,38-42,86H2,1-6H3,(H2,87,112)(H2,88,113)(H,91,97)(H,93,114)(H,94,119)(H,95,127)(H,96,120)(H,98,115)(H,99,116)(H,100,118)(H,101,121)(H,102,123)(H,103,125)(H,104,122)(H,105,126)(H,106,128)(H,107,124)(H,130,131)(H4,89,90,92)/t46-,52+,53+,54+,55+,56+,57+,58+,59+,60-,61+,62+,69+,70+/m1/s1. The number of hydrogen-bond donors (Lipinski definition) is 25. The second kappa shape index (κ2) is 53.1. The second-order valence-electron chi connectivity index (χ2n) is 33.1. The number of primary amides is 2. The number of aliphatic hydroxyl groups excluding tert-OH is 1. The third kappa shape index (κ3) is 36.3. The number of benzene rings is 3. The predicted octanol–water partition coefficient (Wildman–Crippen LogP) is -7.34. The summed E-state index contributed by atoms with van der Waals surface area (Å²) >= 11 is 8.83. The lowest BCUT2D eigenvalue weighted by molar-refractivity contribution is -0.148. The number of aromatic hydroxyl groups is 1. The lowest BCUT2D eigenvalue weighted by Crippen LogP contribution is -2.64. The Bertz CT molecular complexity index is 4790. The molecule has 2 saturated heterocycles. The summed E-state index contributed by atoms with van der Waals surface area (Å²) in [6.45, 7) is 6.18. The SMILES string of the molecule is Cc1ccccc1C[C@H](NC(=O)[C@H](Cc1cnc[nH]1)NC(=O)CNC(=O)[C@@H](NC(=O)[C@H](NC(=O)[C@H](Cc1ccccc1)NC(=O)[C@H](CCCN=C(N)N)NC(=O)[C@@H](N)CCC(N)=O)C(C)(C)S)[C@@H](C)O)C(=O)NCC(=O)NCC(=O)N[C@@H](CC(C)C)C(=O)N[C@@H](Cc1ccc(O)cc1)C(=O)N1CCC[C@H]1C(=O)N[C@H](CS)C(=O)N[C@@H](CC(N)=O)C(=O)NCC(=O)N1CCC[C@H]1C(=O)O. The number of aryl methyl sites for hydroxylation is 1. The Hall–Kier alpha value is -13.5. The number of nitrogens with one attached hydrogen (secondary N) is 15. The number of aliphatic hydroxyl groups is 1. The third-order valence-electron chi connectivity index (χ3n) is 21.4. The summed E-state index contributed by atoms with van der Waals surface area (Å²) in [5, 5.41) is 65.6. The first-order valence-electron chi connectivity index (χ1n) is 43.0. The maximum atomic E-state index is 14.9. The number of phenolic OH excluding ortho intramolecular Hbond substituents is 1. The van der Waals surface area contributed by atoms with Crippen LogP contribution in [0.1, 0.15) is 127 Å². The van der Waals surface area contributed by atoms with Crippen LogP contribution in [0.2, 0.25) is 0 Å². The molecule has 133 heavy (non-hydrogen) atoms. The molecule has 2 aliphatic heterocycles. The van der Waals surface area contributed by atoms with Crippen molar-refractivity contribution in [1.29, 1.82) is 0 Å². The average molecular weight is 1900 g/mol. The summed E-state index contributed by atoms with van der Waals surface area (Å²) in [6.07, 6.45) is -0.206. The van der Waals surface area contributed by atoms with E-state index in [9.17, 15) is 106 Å². The molecule has 0 unspecified atom stereocenters. The van der Waals surface area contributed by atoms with E-state index in [-0.39, 0.29) is 120 Å². The summed E-state index contributed by atoms with van der Waals surface area (Å²) in [7, 11) is 0. The van der Waals surface area contributed by atoms with E-state index in [1.54, 1.807) is 75.4 Å². The van der Waals surface area contributed by atoms with E-state index in [4.69, 9.17) is 28.7 Å². The Labute approximate surface area is 777 Å². The quantitative estimate of drug-likeness (QED) is 0.00845. The van der Waals surface area contributed by atoms with E-state index in [1.807, 2.05) is 0 Å². The molecule has 0 aliphatic carbocycles. The van der Waals surface area contributed by atoms with Gasteiger partial charge in [0.2, 0.25) is 106 Å². The summed E-state index contributed by atoms with van der Waals surface area (Å²) in [4.78, 5) is 273. The number of carbonyl (C=O) groups excluding carboxylic acids is 18. The molecule has 3 heterocycles. The Morgan fingerprint density at radius 1 is 0.541 bits per heavy atom. The number of aliphatic imine (C=N–C) groups is 1. The highest BCUT2D eigenvalue weighted by Crippen LogP contribution is 2.24. The van der Waals surface area contributed by atoms with E-state index in [2.05, 4.69) is 115 Å². The number of nitrogens with two attached hydrogens (primary N) is 5. The number of rotatable bonds is 53. The molecule has 18 amide bonds. The van der Waals surface area contributed by atoms with Gasteiger partial charge in [0.05, 0.1) is 51.1 Å². The predicted molar refractivity (Wildman–Crippen MR) is 486 cm³/mol. The van der Waals surface area contributed by atoms with E-state index >= 15 is 0 Å². The molecule has 0 saturated carbocycles. The number of amides is 18. The minimum atomic E-state index is -1.85. The van der Waals surface area contributed by atoms with Crippen LogP contribution in [0, 0.1) is 12.8 Å². The zero-order valence-electron chi connectivity index (χ0n) is 74.5. The highest BCUT2D eigenvalue weighted by atomic mass is 32.1. The second-order valence-corrected chi connectivity index (χ2v) is 34.7. The number of aliphatic carboxylic acids is 1. The minimum absolute atomic E-state index is 0.0288. The van der Waals surface area contributed by atoms with E-state index < -0.39 is 234 Å². The largest absolute Gasteiger partial charge is 0.508 e. The highest BCUT2D eigenvalue weighted by Gasteiger charge is 2.44. The van der Waals surface area contributed by atoms with Gasteiger partial charge in [-0.25, -0.2) is 9.78 Å². The molecule has 726 valence electrons. The van der Waals surface area contributed by atoms with Gasteiger partial charge in [-0.2, -0.15) is 25.3 Å². The van der Waals surface area contributed by atoms with Crippen molar-refractivity contribution in [3.8, 4) is 5.75 Å². The summed E-state index contributed by atoms with van der Waals surface area (Å²) in [6, 6.07) is 1.73. The number of guanidine groups is 1. The molecule has 2 fully saturated rings. The molecule has 4 aromatic rings. The number of carboxylic acid groups (broad SMARTS) is 1. The molecule has 6 rings (SSSR count). The van der Waals surface area contributed by atoms with Crippen LogP contribution in [-0.4, -0.2) is 294 Å². The third-order valence-corrected chi connectivity index (χ3v) is 22.0. The first kappa shape index (κ1) is 108. The lowest BCUT2D eigenvalue weighted by atomic mass is 9.99. The van der Waals surface area contributed by atoms with Crippen LogP contribution in [0.15, 0.2) is 96.4 Å².